The predicted molar refractivity (Wildman–Crippen MR) is 122 cm³/mol. The van der Waals surface area contributed by atoms with Gasteiger partial charge < -0.3 is 9.53 Å². The van der Waals surface area contributed by atoms with E-state index in [-0.39, 0.29) is 22.6 Å². The highest BCUT2D eigenvalue weighted by Crippen LogP contribution is 2.37. The minimum Gasteiger partial charge on any atom is -0.412 e. The van der Waals surface area contributed by atoms with Crippen LogP contribution >= 0.6 is 11.6 Å². The van der Waals surface area contributed by atoms with Gasteiger partial charge >= 0.3 is 0 Å². The molecule has 1 aromatic carbocycles. The Morgan fingerprint density at radius 3 is 2.58 bits per heavy atom. The van der Waals surface area contributed by atoms with Crippen molar-refractivity contribution >= 4 is 19.9 Å². The second-order valence-corrected chi connectivity index (χ2v) is 14.4. The summed E-state index contributed by atoms with van der Waals surface area (Å²) in [7, 11) is -2.05. The van der Waals surface area contributed by atoms with E-state index in [4.69, 9.17) is 16.0 Å². The number of aryl methyl sites for hydroxylation is 1. The van der Waals surface area contributed by atoms with Crippen molar-refractivity contribution in [3.63, 3.8) is 0 Å². The normalized spacial score (nSPS) is 13.6. The second-order valence-electron chi connectivity index (χ2n) is 9.16. The van der Waals surface area contributed by atoms with E-state index in [9.17, 15) is 9.50 Å². The third kappa shape index (κ3) is 5.09. The Bertz CT molecular complexity index is 1060. The third-order valence-electron chi connectivity index (χ3n) is 5.94. The standard InChI is InChI=1S/C22H30ClFN4O2Si/c1-7-27-13-16(12-25-27)21(29)19-11-20(23)26-28(19)18-9-8-17(24)10-15(18)14-30-31(5,6)22(2,3)4/h8-13,21,29H,7,14H2,1-6H3. The molecule has 3 rings (SSSR count). The van der Waals surface area contributed by atoms with Crippen LogP contribution in [0.1, 0.15) is 50.6 Å². The molecule has 0 fully saturated rings. The molecule has 0 aliphatic heterocycles. The number of aromatic nitrogens is 4. The van der Waals surface area contributed by atoms with E-state index < -0.39 is 14.4 Å². The van der Waals surface area contributed by atoms with E-state index in [1.54, 1.807) is 33.9 Å². The minimum absolute atomic E-state index is 0.0241. The van der Waals surface area contributed by atoms with E-state index in [1.165, 1.54) is 12.1 Å². The summed E-state index contributed by atoms with van der Waals surface area (Å²) in [5.41, 5.74) is 2.35. The number of nitrogens with zero attached hydrogens (tertiary/aromatic N) is 4. The lowest BCUT2D eigenvalue weighted by Crippen LogP contribution is -2.40. The van der Waals surface area contributed by atoms with Gasteiger partial charge in [-0.15, -0.1) is 0 Å². The molecule has 0 amide bonds. The van der Waals surface area contributed by atoms with Gasteiger partial charge in [-0.3, -0.25) is 4.68 Å². The summed E-state index contributed by atoms with van der Waals surface area (Å²) in [6.07, 6.45) is 2.41. The minimum atomic E-state index is -2.05. The van der Waals surface area contributed by atoms with E-state index in [0.29, 0.717) is 29.1 Å². The fourth-order valence-electron chi connectivity index (χ4n) is 2.97. The summed E-state index contributed by atoms with van der Waals surface area (Å²) in [5.74, 6) is -0.359. The molecule has 0 radical (unpaired) electrons. The van der Waals surface area contributed by atoms with Crippen LogP contribution in [0.5, 0.6) is 0 Å². The Balaban J connectivity index is 2.00. The van der Waals surface area contributed by atoms with Crippen molar-refractivity contribution in [3.8, 4) is 5.69 Å². The van der Waals surface area contributed by atoms with Gasteiger partial charge in [-0.25, -0.2) is 9.07 Å². The molecule has 6 nitrogen and oxygen atoms in total. The molecule has 31 heavy (non-hydrogen) atoms. The average Bonchev–Trinajstić information content (AvgIpc) is 3.31. The number of hydrogen-bond acceptors (Lipinski definition) is 4. The maximum absolute atomic E-state index is 14.1. The highest BCUT2D eigenvalue weighted by Gasteiger charge is 2.37. The summed E-state index contributed by atoms with van der Waals surface area (Å²) in [5, 5.41) is 19.8. The third-order valence-corrected chi connectivity index (χ3v) is 10.6. The Kier molecular flexibility index (Phi) is 6.76. The first-order chi connectivity index (χ1) is 14.4. The van der Waals surface area contributed by atoms with Crippen molar-refractivity contribution < 1.29 is 13.9 Å². The highest BCUT2D eigenvalue weighted by atomic mass is 35.5. The monoisotopic (exact) mass is 464 g/mol. The summed E-state index contributed by atoms with van der Waals surface area (Å²) in [4.78, 5) is 0. The van der Waals surface area contributed by atoms with Crippen LogP contribution in [-0.4, -0.2) is 33.0 Å². The van der Waals surface area contributed by atoms with Crippen molar-refractivity contribution in [1.29, 1.82) is 0 Å². The molecule has 3 aromatic rings. The summed E-state index contributed by atoms with van der Waals surface area (Å²) in [6.45, 7) is 13.7. The van der Waals surface area contributed by atoms with Crippen molar-refractivity contribution in [1.82, 2.24) is 19.6 Å². The molecule has 0 saturated carbocycles. The molecule has 0 aliphatic rings. The molecule has 9 heteroatoms. The first-order valence-corrected chi connectivity index (χ1v) is 13.6. The fraction of sp³-hybridized carbons (Fsp3) is 0.455. The molecule has 0 aliphatic carbocycles. The van der Waals surface area contributed by atoms with Crippen molar-refractivity contribution in [2.45, 2.75) is 65.1 Å². The van der Waals surface area contributed by atoms with Crippen LogP contribution in [0.2, 0.25) is 23.3 Å². The van der Waals surface area contributed by atoms with Gasteiger partial charge in [-0.1, -0.05) is 32.4 Å². The molecule has 0 bridgehead atoms. The molecule has 1 unspecified atom stereocenters. The lowest BCUT2D eigenvalue weighted by Gasteiger charge is -2.36. The van der Waals surface area contributed by atoms with Gasteiger partial charge in [0.1, 0.15) is 11.9 Å². The molecule has 0 saturated heterocycles. The maximum atomic E-state index is 14.1. The van der Waals surface area contributed by atoms with Crippen LogP contribution in [0.15, 0.2) is 36.7 Å². The van der Waals surface area contributed by atoms with Crippen LogP contribution < -0.4 is 0 Å². The topological polar surface area (TPSA) is 65.1 Å². The molecular formula is C22H30ClFN4O2Si. The van der Waals surface area contributed by atoms with Gasteiger partial charge in [0.25, 0.3) is 0 Å². The Hall–Kier alpha value is -2.00. The average molecular weight is 465 g/mol. The number of aliphatic hydroxyl groups is 1. The van der Waals surface area contributed by atoms with Crippen LogP contribution in [0.3, 0.4) is 0 Å². The van der Waals surface area contributed by atoms with Gasteiger partial charge in [0.05, 0.1) is 24.2 Å². The zero-order chi connectivity index (χ0) is 23.0. The first kappa shape index (κ1) is 23.7. The molecule has 1 N–H and O–H groups in total. The number of hydrogen-bond donors (Lipinski definition) is 1. The quantitative estimate of drug-likeness (QED) is 0.470. The molecule has 2 heterocycles. The predicted octanol–water partition coefficient (Wildman–Crippen LogP) is 5.48. The summed E-state index contributed by atoms with van der Waals surface area (Å²) < 4.78 is 23.7. The van der Waals surface area contributed by atoms with Gasteiger partial charge in [0.15, 0.2) is 13.5 Å². The Morgan fingerprint density at radius 2 is 1.97 bits per heavy atom. The molecule has 168 valence electrons. The summed E-state index contributed by atoms with van der Waals surface area (Å²) >= 11 is 6.21. The van der Waals surface area contributed by atoms with Crippen LogP contribution in [0.4, 0.5) is 4.39 Å². The summed E-state index contributed by atoms with van der Waals surface area (Å²) in [6, 6.07) is 6.06. The van der Waals surface area contributed by atoms with Gasteiger partial charge in [0.2, 0.25) is 0 Å². The zero-order valence-electron chi connectivity index (χ0n) is 18.9. The maximum Gasteiger partial charge on any atom is 0.192 e. The van der Waals surface area contributed by atoms with E-state index >= 15 is 0 Å². The van der Waals surface area contributed by atoms with E-state index in [2.05, 4.69) is 44.1 Å². The van der Waals surface area contributed by atoms with E-state index in [1.807, 2.05) is 6.92 Å². The number of halogens is 2. The van der Waals surface area contributed by atoms with E-state index in [0.717, 1.165) is 0 Å². The molecule has 1 atom stereocenters. The Morgan fingerprint density at radius 1 is 1.26 bits per heavy atom. The van der Waals surface area contributed by atoms with Crippen molar-refractivity contribution in [2.75, 3.05) is 0 Å². The zero-order valence-corrected chi connectivity index (χ0v) is 20.6. The number of benzene rings is 1. The number of rotatable bonds is 7. The number of aliphatic hydroxyl groups excluding tert-OH is 1. The van der Waals surface area contributed by atoms with Crippen molar-refractivity contribution in [2.24, 2.45) is 0 Å². The molecule has 0 spiro atoms. The van der Waals surface area contributed by atoms with Crippen molar-refractivity contribution in [3.05, 3.63) is 64.5 Å². The largest absolute Gasteiger partial charge is 0.412 e. The highest BCUT2D eigenvalue weighted by molar-refractivity contribution is 6.74. The lowest BCUT2D eigenvalue weighted by molar-refractivity contribution is 0.211. The smallest absolute Gasteiger partial charge is 0.192 e. The van der Waals surface area contributed by atoms with Gasteiger partial charge in [0, 0.05) is 29.9 Å². The first-order valence-electron chi connectivity index (χ1n) is 10.3. The van der Waals surface area contributed by atoms with Crippen LogP contribution in [-0.2, 0) is 17.6 Å². The molecular weight excluding hydrogens is 435 g/mol. The van der Waals surface area contributed by atoms with Gasteiger partial charge in [-0.2, -0.15) is 10.2 Å². The van der Waals surface area contributed by atoms with Crippen LogP contribution in [0, 0.1) is 5.82 Å². The second kappa shape index (κ2) is 8.86. The van der Waals surface area contributed by atoms with Gasteiger partial charge in [-0.05, 0) is 43.3 Å². The van der Waals surface area contributed by atoms with Crippen LogP contribution in [0.25, 0.3) is 5.69 Å². The Labute approximate surface area is 188 Å². The fourth-order valence-corrected chi connectivity index (χ4v) is 4.11. The lowest BCUT2D eigenvalue weighted by atomic mass is 10.1. The SMILES string of the molecule is CCn1cc(C(O)c2cc(Cl)nn2-c2ccc(F)cc2CO[Si](C)(C)C(C)(C)C)cn1. The molecule has 2 aromatic heterocycles.